The van der Waals surface area contributed by atoms with E-state index in [2.05, 4.69) is 0 Å². The first kappa shape index (κ1) is 28.0. The molecule has 0 N–H and O–H groups in total. The minimum Gasteiger partial charge on any atom is -1.00 e. The summed E-state index contributed by atoms with van der Waals surface area (Å²) in [5.74, 6) is 0. The van der Waals surface area contributed by atoms with E-state index in [1.54, 1.807) is 0 Å². The Hall–Kier alpha value is 2.99. The molecule has 0 atom stereocenters. The normalized spacial score (nSPS) is 0. The van der Waals surface area contributed by atoms with Crippen LogP contribution in [0.25, 0.3) is 0 Å². The first-order chi connectivity index (χ1) is 0. The molecule has 0 nitrogen and oxygen atoms in total. The van der Waals surface area contributed by atoms with Crippen molar-refractivity contribution >= 4 is 46.1 Å². The van der Waals surface area contributed by atoms with Gasteiger partial charge < -0.3 is 48.0 Å². The van der Waals surface area contributed by atoms with Crippen molar-refractivity contribution in [2.24, 2.45) is 0 Å². The van der Waals surface area contributed by atoms with Crippen molar-refractivity contribution in [2.75, 3.05) is 0 Å². The minimum atomic E-state index is 0. The molecule has 0 bridgehead atoms. The first-order valence-electron chi connectivity index (χ1n) is 0. The quantitative estimate of drug-likeness (QED) is 0.308. The number of halogens is 2. The second-order valence-corrected chi connectivity index (χ2v) is 0. The molecule has 0 aromatic rings. The second kappa shape index (κ2) is 16.7. The van der Waals surface area contributed by atoms with E-state index in [1.807, 2.05) is 0 Å². The Labute approximate surface area is 92.2 Å². The summed E-state index contributed by atoms with van der Waals surface area (Å²) in [6.07, 6.45) is 0. The molecule has 0 aromatic heterocycles. The Morgan fingerprint density at radius 3 is 0.750 bits per heavy atom. The minimum absolute atomic E-state index is 0. The molecule has 4 heavy (non-hydrogen) atoms. The Bertz CT molecular complexity index is 4.00. The van der Waals surface area contributed by atoms with Crippen LogP contribution in [0.1, 0.15) is 0 Å². The van der Waals surface area contributed by atoms with Gasteiger partial charge in [0.25, 0.3) is 0 Å². The fourth-order valence-electron chi connectivity index (χ4n) is 0. The van der Waals surface area contributed by atoms with Gasteiger partial charge in [-0.15, -0.1) is 0 Å². The van der Waals surface area contributed by atoms with E-state index in [4.69, 9.17) is 0 Å². The van der Waals surface area contributed by atoms with Gasteiger partial charge >= 0.3 is 46.1 Å². The molecule has 0 aliphatic heterocycles. The van der Waals surface area contributed by atoms with E-state index in [0.29, 0.717) is 0 Å². The summed E-state index contributed by atoms with van der Waals surface area (Å²) in [7, 11) is 0. The third-order valence-corrected chi connectivity index (χ3v) is 0. The van der Waals surface area contributed by atoms with E-state index in [0.717, 1.165) is 0 Å². The molecule has 0 unspecified atom stereocenters. The molecule has 0 heterocycles. The number of hydrogen-bond donors (Lipinski definition) is 0. The van der Waals surface area contributed by atoms with Crippen molar-refractivity contribution < 1.29 is 48.0 Å². The summed E-state index contributed by atoms with van der Waals surface area (Å²) in [6.45, 7) is 0. The SMILES string of the molecule is [I-].[I-].[Mg+2].[MgH2]. The van der Waals surface area contributed by atoms with Crippen molar-refractivity contribution in [1.29, 1.82) is 0 Å². The van der Waals surface area contributed by atoms with E-state index in [1.165, 1.54) is 0 Å². The van der Waals surface area contributed by atoms with Gasteiger partial charge in [-0.1, -0.05) is 0 Å². The van der Waals surface area contributed by atoms with Gasteiger partial charge in [-0.2, -0.15) is 0 Å². The Morgan fingerprint density at radius 2 is 0.750 bits per heavy atom. The third kappa shape index (κ3) is 8.89. The van der Waals surface area contributed by atoms with Crippen molar-refractivity contribution in [3.05, 3.63) is 0 Å². The van der Waals surface area contributed by atoms with Crippen LogP contribution in [0.4, 0.5) is 0 Å². The predicted octanol–water partition coefficient (Wildman–Crippen LogP) is -7.29. The van der Waals surface area contributed by atoms with Crippen molar-refractivity contribution in [1.82, 2.24) is 0 Å². The van der Waals surface area contributed by atoms with E-state index in [9.17, 15) is 0 Å². The molecule has 0 radical (unpaired) electrons. The topological polar surface area (TPSA) is 0 Å². The van der Waals surface area contributed by atoms with Crippen LogP contribution < -0.4 is 48.0 Å². The maximum Gasteiger partial charge on any atom is 2.00 e. The standard InChI is InChI=1S/2HI.2Mg.2H/h2*1H;;;;/q;;;+2;;/p-2. The summed E-state index contributed by atoms with van der Waals surface area (Å²) >= 11 is 0. The summed E-state index contributed by atoms with van der Waals surface area (Å²) in [6, 6.07) is 0. The third-order valence-electron chi connectivity index (χ3n) is 0. The van der Waals surface area contributed by atoms with Crippen LogP contribution in [-0.4, -0.2) is 46.1 Å². The van der Waals surface area contributed by atoms with Crippen LogP contribution in [0.15, 0.2) is 0 Å². The Kier molecular flexibility index (Phi) is 117. The van der Waals surface area contributed by atoms with Crippen LogP contribution in [0.2, 0.25) is 0 Å². The fourth-order valence-corrected chi connectivity index (χ4v) is 0. The van der Waals surface area contributed by atoms with Gasteiger partial charge in [0.15, 0.2) is 0 Å². The maximum absolute atomic E-state index is 0. The van der Waals surface area contributed by atoms with Gasteiger partial charge in [0.1, 0.15) is 0 Å². The van der Waals surface area contributed by atoms with E-state index < -0.39 is 0 Å². The Morgan fingerprint density at radius 1 is 0.750 bits per heavy atom. The average Bonchev–Trinajstić information content (AvgIpc) is 0. The summed E-state index contributed by atoms with van der Waals surface area (Å²) in [4.78, 5) is 0. The number of hydrogen-bond acceptors (Lipinski definition) is 0. The molecule has 0 aliphatic carbocycles. The van der Waals surface area contributed by atoms with Crippen molar-refractivity contribution in [2.45, 2.75) is 0 Å². The molecule has 0 spiro atoms. The first-order valence-corrected chi connectivity index (χ1v) is 0. The van der Waals surface area contributed by atoms with Gasteiger partial charge in [0.2, 0.25) is 0 Å². The molecule has 0 saturated heterocycles. The van der Waals surface area contributed by atoms with Crippen LogP contribution in [0.5, 0.6) is 0 Å². The van der Waals surface area contributed by atoms with Gasteiger partial charge in [-0.25, -0.2) is 0 Å². The summed E-state index contributed by atoms with van der Waals surface area (Å²) in [5, 5.41) is 0. The van der Waals surface area contributed by atoms with Gasteiger partial charge in [-0.05, 0) is 0 Å². The zero-order valence-electron chi connectivity index (χ0n) is 1.46. The van der Waals surface area contributed by atoms with Crippen molar-refractivity contribution in [3.8, 4) is 0 Å². The molecule has 0 saturated carbocycles. The molecular formula is H2I2Mg2. The number of rotatable bonds is 0. The van der Waals surface area contributed by atoms with Crippen LogP contribution in [0.3, 0.4) is 0 Å². The maximum atomic E-state index is 0. The monoisotopic (exact) mass is 304 g/mol. The predicted molar refractivity (Wildman–Crippen MR) is 14.3 cm³/mol. The molecule has 4 heteroatoms. The molecule has 0 fully saturated rings. The van der Waals surface area contributed by atoms with Gasteiger partial charge in [0.05, 0.1) is 0 Å². The van der Waals surface area contributed by atoms with Crippen LogP contribution in [0, 0.1) is 0 Å². The van der Waals surface area contributed by atoms with Gasteiger partial charge in [0, 0.05) is 0 Å². The van der Waals surface area contributed by atoms with E-state index >= 15 is 0 Å². The van der Waals surface area contributed by atoms with Gasteiger partial charge in [-0.3, -0.25) is 0 Å². The zero-order chi connectivity index (χ0) is 0. The molecule has 0 rings (SSSR count). The van der Waals surface area contributed by atoms with Crippen molar-refractivity contribution in [3.63, 3.8) is 0 Å². The Balaban J connectivity index is 0. The summed E-state index contributed by atoms with van der Waals surface area (Å²) in [5.41, 5.74) is 0. The molecule has 0 aliphatic rings. The molecular weight excluding hydrogens is 302 g/mol. The smallest absolute Gasteiger partial charge is 1.00 e. The van der Waals surface area contributed by atoms with E-state index in [-0.39, 0.29) is 94.1 Å². The average molecular weight is 304 g/mol. The fraction of sp³-hybridized carbons (Fsp3) is 0. The largest absolute Gasteiger partial charge is 2.00 e. The van der Waals surface area contributed by atoms with Crippen LogP contribution in [-0.2, 0) is 0 Å². The molecule has 0 amide bonds. The summed E-state index contributed by atoms with van der Waals surface area (Å²) < 4.78 is 0. The molecule has 20 valence electrons. The second-order valence-electron chi connectivity index (χ2n) is 0. The zero-order valence-corrected chi connectivity index (χ0v) is 7.19. The molecule has 0 aromatic carbocycles. The van der Waals surface area contributed by atoms with Crippen LogP contribution >= 0.6 is 0 Å².